The predicted octanol–water partition coefficient (Wildman–Crippen LogP) is 1.87. The zero-order valence-electron chi connectivity index (χ0n) is 8.96. The number of hydrogen-bond acceptors (Lipinski definition) is 3. The Morgan fingerprint density at radius 1 is 1.29 bits per heavy atom. The number of aromatic hydroxyl groups is 1. The van der Waals surface area contributed by atoms with Crippen LogP contribution in [0.2, 0.25) is 0 Å². The van der Waals surface area contributed by atoms with Gasteiger partial charge in [-0.05, 0) is 18.3 Å². The van der Waals surface area contributed by atoms with Crippen LogP contribution in [0.25, 0.3) is 0 Å². The summed E-state index contributed by atoms with van der Waals surface area (Å²) >= 11 is 0. The molecular formula is C11H16N2O. The van der Waals surface area contributed by atoms with Crippen molar-refractivity contribution in [2.45, 2.75) is 40.0 Å². The first-order valence-corrected chi connectivity index (χ1v) is 5.09. The molecule has 0 unspecified atom stereocenters. The fourth-order valence-electron chi connectivity index (χ4n) is 2.05. The van der Waals surface area contributed by atoms with E-state index in [0.717, 1.165) is 36.3 Å². The lowest BCUT2D eigenvalue weighted by atomic mass is 9.91. The highest BCUT2D eigenvalue weighted by Gasteiger charge is 2.32. The monoisotopic (exact) mass is 192 g/mol. The van der Waals surface area contributed by atoms with E-state index in [1.165, 1.54) is 0 Å². The summed E-state index contributed by atoms with van der Waals surface area (Å²) in [6.07, 6.45) is 2.62. The fraction of sp³-hybridized carbons (Fsp3) is 0.636. The van der Waals surface area contributed by atoms with Crippen molar-refractivity contribution in [3.63, 3.8) is 0 Å². The van der Waals surface area contributed by atoms with E-state index in [0.29, 0.717) is 0 Å². The van der Waals surface area contributed by atoms with E-state index in [2.05, 4.69) is 23.8 Å². The van der Waals surface area contributed by atoms with Crippen molar-refractivity contribution in [3.8, 4) is 5.88 Å². The van der Waals surface area contributed by atoms with Crippen LogP contribution >= 0.6 is 0 Å². The summed E-state index contributed by atoms with van der Waals surface area (Å²) in [5, 5.41) is 9.72. The van der Waals surface area contributed by atoms with Crippen molar-refractivity contribution in [2.24, 2.45) is 5.41 Å². The van der Waals surface area contributed by atoms with Gasteiger partial charge in [0.1, 0.15) is 5.82 Å². The quantitative estimate of drug-likeness (QED) is 0.738. The lowest BCUT2D eigenvalue weighted by Gasteiger charge is -2.14. The minimum Gasteiger partial charge on any atom is -0.493 e. The second-order valence-corrected chi connectivity index (χ2v) is 4.76. The molecule has 0 atom stereocenters. The van der Waals surface area contributed by atoms with Crippen LogP contribution in [-0.4, -0.2) is 15.1 Å². The number of aryl methyl sites for hydroxylation is 1. The zero-order valence-corrected chi connectivity index (χ0v) is 8.96. The van der Waals surface area contributed by atoms with Crippen LogP contribution in [-0.2, 0) is 19.3 Å². The SMILES string of the molecule is CCc1nc(O)c2c(n1)CC(C)(C)C2. The molecule has 1 aliphatic carbocycles. The van der Waals surface area contributed by atoms with Crippen LogP contribution in [0.3, 0.4) is 0 Å². The minimum absolute atomic E-state index is 0.192. The van der Waals surface area contributed by atoms with E-state index >= 15 is 0 Å². The van der Waals surface area contributed by atoms with Gasteiger partial charge >= 0.3 is 0 Å². The van der Waals surface area contributed by atoms with Crippen LogP contribution in [0.5, 0.6) is 5.88 Å². The van der Waals surface area contributed by atoms with Gasteiger partial charge in [0.2, 0.25) is 5.88 Å². The smallest absolute Gasteiger partial charge is 0.217 e. The Morgan fingerprint density at radius 3 is 2.64 bits per heavy atom. The second-order valence-electron chi connectivity index (χ2n) is 4.76. The molecule has 1 aromatic heterocycles. The van der Waals surface area contributed by atoms with Crippen molar-refractivity contribution < 1.29 is 5.11 Å². The Labute approximate surface area is 84.2 Å². The third-order valence-electron chi connectivity index (χ3n) is 2.73. The minimum atomic E-state index is 0.192. The molecule has 2 rings (SSSR count). The topological polar surface area (TPSA) is 46.0 Å². The summed E-state index contributed by atoms with van der Waals surface area (Å²) in [7, 11) is 0. The summed E-state index contributed by atoms with van der Waals surface area (Å²) in [5.41, 5.74) is 2.22. The van der Waals surface area contributed by atoms with Crippen molar-refractivity contribution in [1.82, 2.24) is 9.97 Å². The van der Waals surface area contributed by atoms with E-state index in [1.54, 1.807) is 0 Å². The molecule has 0 aromatic carbocycles. The summed E-state index contributed by atoms with van der Waals surface area (Å²) in [6.45, 7) is 6.39. The van der Waals surface area contributed by atoms with Gasteiger partial charge < -0.3 is 5.11 Å². The summed E-state index contributed by atoms with van der Waals surface area (Å²) in [6, 6.07) is 0. The summed E-state index contributed by atoms with van der Waals surface area (Å²) < 4.78 is 0. The molecule has 76 valence electrons. The lowest BCUT2D eigenvalue weighted by Crippen LogP contribution is -2.09. The number of hydrogen-bond donors (Lipinski definition) is 1. The Kier molecular flexibility index (Phi) is 1.98. The molecule has 0 radical (unpaired) electrons. The Morgan fingerprint density at radius 2 is 2.00 bits per heavy atom. The first-order valence-electron chi connectivity index (χ1n) is 5.09. The highest BCUT2D eigenvalue weighted by Crippen LogP contribution is 2.38. The molecule has 0 bridgehead atoms. The van der Waals surface area contributed by atoms with Gasteiger partial charge in [-0.1, -0.05) is 20.8 Å². The molecule has 0 saturated heterocycles. The van der Waals surface area contributed by atoms with E-state index in [-0.39, 0.29) is 11.3 Å². The molecule has 1 N–H and O–H groups in total. The van der Waals surface area contributed by atoms with Crippen LogP contribution in [0.1, 0.15) is 37.9 Å². The van der Waals surface area contributed by atoms with Crippen molar-refractivity contribution in [2.75, 3.05) is 0 Å². The first kappa shape index (κ1) is 9.44. The van der Waals surface area contributed by atoms with Gasteiger partial charge in [-0.15, -0.1) is 0 Å². The predicted molar refractivity (Wildman–Crippen MR) is 54.3 cm³/mol. The van der Waals surface area contributed by atoms with Crippen LogP contribution in [0.4, 0.5) is 0 Å². The highest BCUT2D eigenvalue weighted by molar-refractivity contribution is 5.35. The van der Waals surface area contributed by atoms with Crippen LogP contribution < -0.4 is 0 Å². The van der Waals surface area contributed by atoms with E-state index < -0.39 is 0 Å². The van der Waals surface area contributed by atoms with Gasteiger partial charge in [0.15, 0.2) is 0 Å². The van der Waals surface area contributed by atoms with Gasteiger partial charge in [-0.2, -0.15) is 4.98 Å². The molecular weight excluding hydrogens is 176 g/mol. The van der Waals surface area contributed by atoms with E-state index in [9.17, 15) is 5.11 Å². The standard InChI is InChI=1S/C11H16N2O/c1-4-9-12-8-6-11(2,3)5-7(8)10(14)13-9/h4-6H2,1-3H3,(H,12,13,14). The van der Waals surface area contributed by atoms with Gasteiger partial charge in [0.05, 0.1) is 5.69 Å². The molecule has 0 saturated carbocycles. The molecule has 0 fully saturated rings. The lowest BCUT2D eigenvalue weighted by molar-refractivity contribution is 0.383. The average Bonchev–Trinajstić information content (AvgIpc) is 2.40. The molecule has 3 nitrogen and oxygen atoms in total. The van der Waals surface area contributed by atoms with Crippen LogP contribution in [0.15, 0.2) is 0 Å². The highest BCUT2D eigenvalue weighted by atomic mass is 16.3. The summed E-state index contributed by atoms with van der Waals surface area (Å²) in [5.74, 6) is 0.941. The zero-order chi connectivity index (χ0) is 10.3. The third-order valence-corrected chi connectivity index (χ3v) is 2.73. The van der Waals surface area contributed by atoms with Gasteiger partial charge in [-0.25, -0.2) is 4.98 Å². The number of fused-ring (bicyclic) bond motifs is 1. The molecule has 1 aromatic rings. The molecule has 0 aliphatic heterocycles. The molecule has 14 heavy (non-hydrogen) atoms. The van der Waals surface area contributed by atoms with Gasteiger partial charge in [-0.3, -0.25) is 0 Å². The van der Waals surface area contributed by atoms with E-state index in [4.69, 9.17) is 0 Å². The fourth-order valence-corrected chi connectivity index (χ4v) is 2.05. The Bertz CT molecular complexity index is 372. The van der Waals surface area contributed by atoms with E-state index in [1.807, 2.05) is 6.92 Å². The molecule has 1 aliphatic rings. The molecule has 0 amide bonds. The summed E-state index contributed by atoms with van der Waals surface area (Å²) in [4.78, 5) is 8.53. The maximum atomic E-state index is 9.72. The average molecular weight is 192 g/mol. The molecule has 0 spiro atoms. The third kappa shape index (κ3) is 1.47. The van der Waals surface area contributed by atoms with Crippen molar-refractivity contribution >= 4 is 0 Å². The number of rotatable bonds is 1. The Hall–Kier alpha value is -1.12. The normalized spacial score (nSPS) is 18.2. The largest absolute Gasteiger partial charge is 0.493 e. The number of nitrogens with zero attached hydrogens (tertiary/aromatic N) is 2. The first-order chi connectivity index (χ1) is 6.52. The molecule has 3 heteroatoms. The second kappa shape index (κ2) is 2.94. The van der Waals surface area contributed by atoms with Gasteiger partial charge in [0, 0.05) is 12.0 Å². The van der Waals surface area contributed by atoms with Crippen molar-refractivity contribution in [1.29, 1.82) is 0 Å². The molecule has 1 heterocycles. The van der Waals surface area contributed by atoms with Gasteiger partial charge in [0.25, 0.3) is 0 Å². The maximum absolute atomic E-state index is 9.72. The van der Waals surface area contributed by atoms with Crippen molar-refractivity contribution in [3.05, 3.63) is 17.1 Å². The number of aromatic nitrogens is 2. The maximum Gasteiger partial charge on any atom is 0.217 e. The van der Waals surface area contributed by atoms with Crippen LogP contribution in [0, 0.1) is 5.41 Å². The Balaban J connectivity index is 2.47.